The Labute approximate surface area is 84.7 Å². The van der Waals surface area contributed by atoms with Crippen molar-refractivity contribution in [2.24, 2.45) is 0 Å². The zero-order valence-electron chi connectivity index (χ0n) is 8.20. The molecule has 0 atom stereocenters. The molecule has 0 spiro atoms. The summed E-state index contributed by atoms with van der Waals surface area (Å²) >= 11 is 1.90. The maximum atomic E-state index is 8.52. The van der Waals surface area contributed by atoms with Crippen molar-refractivity contribution in [3.05, 3.63) is 0 Å². The number of hydrogen-bond acceptors (Lipinski definition) is 4. The minimum absolute atomic E-state index is 0.594. The van der Waals surface area contributed by atoms with Crippen LogP contribution in [0.2, 0.25) is 0 Å². The zero-order valence-corrected chi connectivity index (χ0v) is 9.02. The van der Waals surface area contributed by atoms with Gasteiger partial charge in [0.25, 0.3) is 0 Å². The first-order valence-corrected chi connectivity index (χ1v) is 6.07. The summed E-state index contributed by atoms with van der Waals surface area (Å²) in [6, 6.07) is 2.20. The number of thioether (sulfide) groups is 1. The normalized spacial score (nSPS) is 20.0. The van der Waals surface area contributed by atoms with Crippen molar-refractivity contribution < 1.29 is 0 Å². The first kappa shape index (κ1) is 10.8. The molecular weight excluding hydrogens is 182 g/mol. The lowest BCUT2D eigenvalue weighted by atomic mass is 10.3. The molecule has 0 saturated carbocycles. The Balaban J connectivity index is 2.12. The van der Waals surface area contributed by atoms with Crippen molar-refractivity contribution in [1.82, 2.24) is 9.80 Å². The quantitative estimate of drug-likeness (QED) is 0.617. The van der Waals surface area contributed by atoms with Gasteiger partial charge in [-0.05, 0) is 6.26 Å². The second-order valence-electron chi connectivity index (χ2n) is 3.27. The van der Waals surface area contributed by atoms with Crippen LogP contribution in [-0.4, -0.2) is 61.1 Å². The molecule has 1 heterocycles. The SMILES string of the molecule is CSCCN1CCN(CC#N)CC1. The predicted molar refractivity (Wildman–Crippen MR) is 56.9 cm³/mol. The minimum Gasteiger partial charge on any atom is -0.300 e. The average Bonchev–Trinajstić information content (AvgIpc) is 2.17. The van der Waals surface area contributed by atoms with Gasteiger partial charge in [0.05, 0.1) is 12.6 Å². The van der Waals surface area contributed by atoms with Crippen molar-refractivity contribution in [1.29, 1.82) is 5.26 Å². The maximum absolute atomic E-state index is 8.52. The molecule has 0 amide bonds. The Morgan fingerprint density at radius 1 is 1.23 bits per heavy atom. The lowest BCUT2D eigenvalue weighted by Gasteiger charge is -2.33. The molecular formula is C9H17N3S. The molecule has 3 nitrogen and oxygen atoms in total. The molecule has 1 aliphatic rings. The first-order chi connectivity index (χ1) is 6.36. The molecule has 0 aromatic heterocycles. The van der Waals surface area contributed by atoms with E-state index in [4.69, 9.17) is 5.26 Å². The van der Waals surface area contributed by atoms with Crippen molar-refractivity contribution >= 4 is 11.8 Å². The fourth-order valence-corrected chi connectivity index (χ4v) is 1.93. The second-order valence-corrected chi connectivity index (χ2v) is 4.25. The van der Waals surface area contributed by atoms with Crippen LogP contribution in [0, 0.1) is 11.3 Å². The van der Waals surface area contributed by atoms with Crippen LogP contribution in [0.25, 0.3) is 0 Å². The smallest absolute Gasteiger partial charge is 0.0866 e. The van der Waals surface area contributed by atoms with Crippen molar-refractivity contribution in [2.75, 3.05) is 51.3 Å². The van der Waals surface area contributed by atoms with Crippen LogP contribution in [0.4, 0.5) is 0 Å². The third kappa shape index (κ3) is 3.99. The van der Waals surface area contributed by atoms with E-state index in [2.05, 4.69) is 22.1 Å². The fourth-order valence-electron chi connectivity index (χ4n) is 1.49. The van der Waals surface area contributed by atoms with Gasteiger partial charge in [-0.1, -0.05) is 0 Å². The Kier molecular flexibility index (Phi) is 5.21. The van der Waals surface area contributed by atoms with Crippen molar-refractivity contribution in [3.63, 3.8) is 0 Å². The molecule has 1 saturated heterocycles. The molecule has 1 rings (SSSR count). The highest BCUT2D eigenvalue weighted by Crippen LogP contribution is 2.02. The molecule has 0 aliphatic carbocycles. The van der Waals surface area contributed by atoms with Gasteiger partial charge in [-0.25, -0.2) is 0 Å². The van der Waals surface area contributed by atoms with Crippen LogP contribution >= 0.6 is 11.8 Å². The second kappa shape index (κ2) is 6.25. The van der Waals surface area contributed by atoms with Crippen molar-refractivity contribution in [3.8, 4) is 6.07 Å². The standard InChI is InChI=1S/C9H17N3S/c1-13-9-8-12-6-4-11(3-2-10)5-7-12/h3-9H2,1H3. The summed E-state index contributed by atoms with van der Waals surface area (Å²) in [5.74, 6) is 1.22. The van der Waals surface area contributed by atoms with Gasteiger partial charge < -0.3 is 0 Å². The minimum atomic E-state index is 0.594. The third-order valence-electron chi connectivity index (χ3n) is 2.37. The van der Waals surface area contributed by atoms with E-state index in [1.54, 1.807) is 0 Å². The summed E-state index contributed by atoms with van der Waals surface area (Å²) in [5.41, 5.74) is 0. The Hall–Kier alpha value is -0.240. The Bertz CT molecular complexity index is 170. The van der Waals surface area contributed by atoms with E-state index in [0.29, 0.717) is 6.54 Å². The molecule has 0 unspecified atom stereocenters. The van der Waals surface area contributed by atoms with Gasteiger partial charge in [-0.2, -0.15) is 17.0 Å². The van der Waals surface area contributed by atoms with Crippen LogP contribution in [0.15, 0.2) is 0 Å². The molecule has 0 radical (unpaired) electrons. The summed E-state index contributed by atoms with van der Waals surface area (Å²) in [7, 11) is 0. The van der Waals surface area contributed by atoms with Gasteiger partial charge in [-0.15, -0.1) is 0 Å². The van der Waals surface area contributed by atoms with E-state index in [-0.39, 0.29) is 0 Å². The Morgan fingerprint density at radius 3 is 2.38 bits per heavy atom. The van der Waals surface area contributed by atoms with E-state index < -0.39 is 0 Å². The molecule has 1 aliphatic heterocycles. The van der Waals surface area contributed by atoms with E-state index >= 15 is 0 Å². The highest BCUT2D eigenvalue weighted by molar-refractivity contribution is 7.98. The van der Waals surface area contributed by atoms with E-state index in [0.717, 1.165) is 26.2 Å². The number of hydrogen-bond donors (Lipinski definition) is 0. The van der Waals surface area contributed by atoms with Crippen molar-refractivity contribution in [2.45, 2.75) is 0 Å². The predicted octanol–water partition coefficient (Wildman–Crippen LogP) is 0.491. The number of rotatable bonds is 4. The van der Waals surface area contributed by atoms with E-state index in [1.807, 2.05) is 11.8 Å². The molecule has 0 aromatic carbocycles. The van der Waals surface area contributed by atoms with E-state index in [9.17, 15) is 0 Å². The summed E-state index contributed by atoms with van der Waals surface area (Å²) < 4.78 is 0. The van der Waals surface area contributed by atoms with Crippen LogP contribution in [0.1, 0.15) is 0 Å². The van der Waals surface area contributed by atoms with Crippen LogP contribution < -0.4 is 0 Å². The summed E-state index contributed by atoms with van der Waals surface area (Å²) in [5, 5.41) is 8.52. The van der Waals surface area contributed by atoms with Gasteiger partial charge in [0.2, 0.25) is 0 Å². The summed E-state index contributed by atoms with van der Waals surface area (Å²) in [4.78, 5) is 4.69. The van der Waals surface area contributed by atoms with Gasteiger partial charge in [0.15, 0.2) is 0 Å². The summed E-state index contributed by atoms with van der Waals surface area (Å²) in [6.45, 7) is 6.16. The monoisotopic (exact) mass is 199 g/mol. The van der Waals surface area contributed by atoms with Gasteiger partial charge >= 0.3 is 0 Å². The van der Waals surface area contributed by atoms with E-state index in [1.165, 1.54) is 12.3 Å². The third-order valence-corrected chi connectivity index (χ3v) is 2.96. The van der Waals surface area contributed by atoms with Crippen LogP contribution in [0.3, 0.4) is 0 Å². The topological polar surface area (TPSA) is 30.3 Å². The molecule has 13 heavy (non-hydrogen) atoms. The molecule has 0 aromatic rings. The zero-order chi connectivity index (χ0) is 9.52. The Morgan fingerprint density at radius 2 is 1.85 bits per heavy atom. The average molecular weight is 199 g/mol. The molecule has 4 heteroatoms. The number of piperazine rings is 1. The van der Waals surface area contributed by atoms with Gasteiger partial charge in [-0.3, -0.25) is 9.80 Å². The van der Waals surface area contributed by atoms with Crippen LogP contribution in [0.5, 0.6) is 0 Å². The lowest BCUT2D eigenvalue weighted by molar-refractivity contribution is 0.150. The maximum Gasteiger partial charge on any atom is 0.0866 e. The molecule has 0 bridgehead atoms. The molecule has 1 fully saturated rings. The fraction of sp³-hybridized carbons (Fsp3) is 0.889. The highest BCUT2D eigenvalue weighted by Gasteiger charge is 2.15. The summed E-state index contributed by atoms with van der Waals surface area (Å²) in [6.07, 6.45) is 2.14. The molecule has 74 valence electrons. The largest absolute Gasteiger partial charge is 0.300 e. The number of nitriles is 1. The highest BCUT2D eigenvalue weighted by atomic mass is 32.2. The first-order valence-electron chi connectivity index (χ1n) is 4.67. The lowest BCUT2D eigenvalue weighted by Crippen LogP contribution is -2.46. The molecule has 0 N–H and O–H groups in total. The van der Waals surface area contributed by atoms with Gasteiger partial charge in [0, 0.05) is 38.5 Å². The number of nitrogens with zero attached hydrogens (tertiary/aromatic N) is 3. The van der Waals surface area contributed by atoms with Crippen LogP contribution in [-0.2, 0) is 0 Å². The van der Waals surface area contributed by atoms with Gasteiger partial charge in [0.1, 0.15) is 0 Å².